The molecule has 0 unspecified atom stereocenters. The van der Waals surface area contributed by atoms with E-state index in [1.807, 2.05) is 17.7 Å². The lowest BCUT2D eigenvalue weighted by atomic mass is 10.2. The van der Waals surface area contributed by atoms with Crippen molar-refractivity contribution in [2.75, 3.05) is 6.54 Å². The maximum Gasteiger partial charge on any atom is 0.326 e. The Labute approximate surface area is 120 Å². The number of amides is 1. The quantitative estimate of drug-likeness (QED) is 0.922. The molecule has 2 heterocycles. The third-order valence-electron chi connectivity index (χ3n) is 3.35. The summed E-state index contributed by atoms with van der Waals surface area (Å²) in [6.07, 6.45) is 4.07. The Morgan fingerprint density at radius 3 is 2.89 bits per heavy atom. The first kappa shape index (κ1) is 14.1. The van der Waals surface area contributed by atoms with E-state index in [9.17, 15) is 9.59 Å². The van der Waals surface area contributed by atoms with E-state index in [2.05, 4.69) is 15.9 Å². The Morgan fingerprint density at radius 2 is 2.26 bits per heavy atom. The number of carboxylic acid groups (broad SMARTS) is 1. The fourth-order valence-corrected chi connectivity index (χ4v) is 2.96. The van der Waals surface area contributed by atoms with Gasteiger partial charge in [0.15, 0.2) is 0 Å². The van der Waals surface area contributed by atoms with E-state index < -0.39 is 12.0 Å². The summed E-state index contributed by atoms with van der Waals surface area (Å²) in [7, 11) is 0. The van der Waals surface area contributed by atoms with Crippen molar-refractivity contribution >= 4 is 27.8 Å². The monoisotopic (exact) mass is 328 g/mol. The Hall–Kier alpha value is -1.30. The van der Waals surface area contributed by atoms with Crippen LogP contribution in [0.1, 0.15) is 36.7 Å². The fraction of sp³-hybridized carbons (Fsp3) is 0.538. The molecule has 1 aliphatic heterocycles. The molecule has 1 saturated heterocycles. The van der Waals surface area contributed by atoms with Crippen LogP contribution in [-0.4, -0.2) is 39.0 Å². The first-order valence-electron chi connectivity index (χ1n) is 6.44. The van der Waals surface area contributed by atoms with Crippen LogP contribution in [0.25, 0.3) is 0 Å². The molecule has 1 aromatic rings. The van der Waals surface area contributed by atoms with Crippen LogP contribution in [0.4, 0.5) is 0 Å². The maximum atomic E-state index is 12.5. The number of aryl methyl sites for hydroxylation is 1. The summed E-state index contributed by atoms with van der Waals surface area (Å²) in [5.41, 5.74) is 0.557. The van der Waals surface area contributed by atoms with Crippen molar-refractivity contribution in [3.8, 4) is 0 Å². The highest BCUT2D eigenvalue weighted by molar-refractivity contribution is 9.10. The van der Waals surface area contributed by atoms with E-state index in [1.165, 1.54) is 4.90 Å². The minimum atomic E-state index is -0.918. The lowest BCUT2D eigenvalue weighted by Gasteiger charge is -2.22. The number of carboxylic acids is 1. The summed E-state index contributed by atoms with van der Waals surface area (Å²) in [4.78, 5) is 25.1. The molecular formula is C13H17BrN2O3. The van der Waals surface area contributed by atoms with Gasteiger partial charge in [-0.2, -0.15) is 0 Å². The Bertz CT molecular complexity index is 498. The molecular weight excluding hydrogens is 312 g/mol. The second kappa shape index (κ2) is 5.77. The molecule has 1 aromatic heterocycles. The van der Waals surface area contributed by atoms with Crippen molar-refractivity contribution < 1.29 is 14.7 Å². The third-order valence-corrected chi connectivity index (χ3v) is 3.78. The van der Waals surface area contributed by atoms with E-state index in [4.69, 9.17) is 5.11 Å². The predicted molar refractivity (Wildman–Crippen MR) is 74.1 cm³/mol. The molecule has 0 aliphatic carbocycles. The van der Waals surface area contributed by atoms with Crippen LogP contribution in [0.5, 0.6) is 0 Å². The van der Waals surface area contributed by atoms with Gasteiger partial charge in [-0.25, -0.2) is 4.79 Å². The van der Waals surface area contributed by atoms with Crippen LogP contribution in [0.15, 0.2) is 16.7 Å². The number of aliphatic carboxylic acids is 1. The lowest BCUT2D eigenvalue weighted by molar-refractivity contribution is -0.141. The average molecular weight is 329 g/mol. The summed E-state index contributed by atoms with van der Waals surface area (Å²) >= 11 is 3.37. The summed E-state index contributed by atoms with van der Waals surface area (Å²) in [6.45, 7) is 3.31. The third kappa shape index (κ3) is 2.83. The molecule has 0 saturated carbocycles. The molecule has 5 nitrogen and oxygen atoms in total. The van der Waals surface area contributed by atoms with Crippen LogP contribution >= 0.6 is 15.9 Å². The van der Waals surface area contributed by atoms with E-state index >= 15 is 0 Å². The van der Waals surface area contributed by atoms with E-state index in [1.54, 1.807) is 6.07 Å². The van der Waals surface area contributed by atoms with Gasteiger partial charge < -0.3 is 14.6 Å². The molecule has 2 rings (SSSR count). The SMILES string of the molecule is CCCn1cc(Br)cc1C(=O)N1CCC[C@H]1C(=O)O. The van der Waals surface area contributed by atoms with Crippen molar-refractivity contribution in [2.45, 2.75) is 38.8 Å². The number of carbonyl (C=O) groups excluding carboxylic acids is 1. The van der Waals surface area contributed by atoms with E-state index in [-0.39, 0.29) is 5.91 Å². The number of likely N-dealkylation sites (tertiary alicyclic amines) is 1. The Morgan fingerprint density at radius 1 is 1.53 bits per heavy atom. The topological polar surface area (TPSA) is 62.5 Å². The van der Waals surface area contributed by atoms with Gasteiger partial charge in [-0.15, -0.1) is 0 Å². The average Bonchev–Trinajstić information content (AvgIpc) is 2.95. The highest BCUT2D eigenvalue weighted by Gasteiger charge is 2.35. The van der Waals surface area contributed by atoms with Crippen molar-refractivity contribution in [2.24, 2.45) is 0 Å². The van der Waals surface area contributed by atoms with Gasteiger partial charge in [0.05, 0.1) is 0 Å². The summed E-state index contributed by atoms with van der Waals surface area (Å²) in [6, 6.07) is 1.08. The number of aromatic nitrogens is 1. The number of nitrogens with zero attached hydrogens (tertiary/aromatic N) is 2. The summed E-state index contributed by atoms with van der Waals surface area (Å²) in [5.74, 6) is -1.11. The van der Waals surface area contributed by atoms with Crippen LogP contribution in [0.3, 0.4) is 0 Å². The van der Waals surface area contributed by atoms with Crippen molar-refractivity contribution in [3.63, 3.8) is 0 Å². The standard InChI is InChI=1S/C13H17BrN2O3/c1-2-5-15-8-9(14)7-11(15)12(17)16-6-3-4-10(16)13(18)19/h7-8,10H,2-6H2,1H3,(H,18,19)/t10-/m0/s1. The summed E-state index contributed by atoms with van der Waals surface area (Å²) in [5, 5.41) is 9.15. The van der Waals surface area contributed by atoms with Crippen LogP contribution in [0.2, 0.25) is 0 Å². The minimum absolute atomic E-state index is 0.191. The fourth-order valence-electron chi connectivity index (χ4n) is 2.49. The first-order chi connectivity index (χ1) is 9.04. The second-order valence-corrected chi connectivity index (χ2v) is 5.65. The number of carbonyl (C=O) groups is 2. The molecule has 0 spiro atoms. The zero-order valence-corrected chi connectivity index (χ0v) is 12.4. The number of hydrogen-bond donors (Lipinski definition) is 1. The molecule has 1 aliphatic rings. The first-order valence-corrected chi connectivity index (χ1v) is 7.23. The van der Waals surface area contributed by atoms with Gasteiger partial charge in [0.25, 0.3) is 5.91 Å². The molecule has 1 atom stereocenters. The highest BCUT2D eigenvalue weighted by atomic mass is 79.9. The molecule has 1 amide bonds. The molecule has 0 radical (unpaired) electrons. The zero-order valence-electron chi connectivity index (χ0n) is 10.8. The molecule has 1 N–H and O–H groups in total. The van der Waals surface area contributed by atoms with Crippen LogP contribution in [0, 0.1) is 0 Å². The Balaban J connectivity index is 2.26. The highest BCUT2D eigenvalue weighted by Crippen LogP contribution is 2.23. The molecule has 1 fully saturated rings. The van der Waals surface area contributed by atoms with Gasteiger partial charge in [0.1, 0.15) is 11.7 Å². The normalized spacial score (nSPS) is 18.8. The molecule has 0 aromatic carbocycles. The van der Waals surface area contributed by atoms with Gasteiger partial charge in [-0.3, -0.25) is 4.79 Å². The lowest BCUT2D eigenvalue weighted by Crippen LogP contribution is -2.41. The summed E-state index contributed by atoms with van der Waals surface area (Å²) < 4.78 is 2.72. The largest absolute Gasteiger partial charge is 0.480 e. The minimum Gasteiger partial charge on any atom is -0.480 e. The number of hydrogen-bond acceptors (Lipinski definition) is 2. The van der Waals surface area contributed by atoms with Crippen LogP contribution in [-0.2, 0) is 11.3 Å². The van der Waals surface area contributed by atoms with Gasteiger partial charge in [-0.1, -0.05) is 6.92 Å². The van der Waals surface area contributed by atoms with Crippen molar-refractivity contribution in [3.05, 3.63) is 22.4 Å². The van der Waals surface area contributed by atoms with Crippen LogP contribution < -0.4 is 0 Å². The predicted octanol–water partition coefficient (Wildman–Crippen LogP) is 2.35. The number of halogens is 1. The smallest absolute Gasteiger partial charge is 0.326 e. The molecule has 104 valence electrons. The molecule has 19 heavy (non-hydrogen) atoms. The molecule has 6 heteroatoms. The Kier molecular flexibility index (Phi) is 4.29. The van der Waals surface area contributed by atoms with Gasteiger partial charge in [0, 0.05) is 23.8 Å². The van der Waals surface area contributed by atoms with Gasteiger partial charge >= 0.3 is 5.97 Å². The van der Waals surface area contributed by atoms with E-state index in [0.717, 1.165) is 23.9 Å². The second-order valence-electron chi connectivity index (χ2n) is 4.73. The van der Waals surface area contributed by atoms with Crippen molar-refractivity contribution in [1.29, 1.82) is 0 Å². The van der Waals surface area contributed by atoms with Gasteiger partial charge in [-0.05, 0) is 41.3 Å². The molecule has 0 bridgehead atoms. The zero-order chi connectivity index (χ0) is 14.0. The maximum absolute atomic E-state index is 12.5. The van der Waals surface area contributed by atoms with E-state index in [0.29, 0.717) is 18.7 Å². The van der Waals surface area contributed by atoms with Crippen molar-refractivity contribution in [1.82, 2.24) is 9.47 Å². The number of rotatable bonds is 4. The van der Waals surface area contributed by atoms with Gasteiger partial charge in [0.2, 0.25) is 0 Å².